The summed E-state index contributed by atoms with van der Waals surface area (Å²) >= 11 is 2.19. The summed E-state index contributed by atoms with van der Waals surface area (Å²) in [6.45, 7) is 0.574. The molecule has 0 bridgehead atoms. The number of hydrogen-bond acceptors (Lipinski definition) is 4. The van der Waals surface area contributed by atoms with Gasteiger partial charge in [0.25, 0.3) is 0 Å². The van der Waals surface area contributed by atoms with Crippen molar-refractivity contribution in [2.24, 2.45) is 5.73 Å². The number of nitrogens with zero attached hydrogens (tertiary/aromatic N) is 1. The average Bonchev–Trinajstić information content (AvgIpc) is 3.22. The van der Waals surface area contributed by atoms with Crippen molar-refractivity contribution >= 4 is 40.5 Å². The molecule has 0 radical (unpaired) electrons. The van der Waals surface area contributed by atoms with Crippen LogP contribution in [0.5, 0.6) is 0 Å². The largest absolute Gasteiger partial charge is 0.445 e. The summed E-state index contributed by atoms with van der Waals surface area (Å²) in [5, 5.41) is 2.72. The first-order chi connectivity index (χ1) is 14.4. The SMILES string of the molecule is NC(=O)[C@@H](Cc1cccc(I)c1)NC(=O)[C@H]1CCCN1C(=O)OCc1ccccc1. The second-order valence-electron chi connectivity index (χ2n) is 7.19. The van der Waals surface area contributed by atoms with Crippen molar-refractivity contribution in [3.05, 3.63) is 69.3 Å². The topological polar surface area (TPSA) is 102 Å². The summed E-state index contributed by atoms with van der Waals surface area (Å²) in [5.41, 5.74) is 7.29. The van der Waals surface area contributed by atoms with Gasteiger partial charge in [-0.3, -0.25) is 14.5 Å². The molecule has 30 heavy (non-hydrogen) atoms. The second-order valence-corrected chi connectivity index (χ2v) is 8.43. The van der Waals surface area contributed by atoms with Crippen LogP contribution in [0, 0.1) is 3.57 Å². The summed E-state index contributed by atoms with van der Waals surface area (Å²) in [4.78, 5) is 38.7. The van der Waals surface area contributed by atoms with E-state index in [2.05, 4.69) is 27.9 Å². The number of hydrogen-bond donors (Lipinski definition) is 2. The van der Waals surface area contributed by atoms with Crippen molar-refractivity contribution < 1.29 is 19.1 Å². The maximum Gasteiger partial charge on any atom is 0.410 e. The standard InChI is InChI=1S/C22H24IN3O4/c23-17-9-4-8-16(12-17)13-18(20(24)27)25-21(28)19-10-5-11-26(19)22(29)30-14-15-6-2-1-3-7-15/h1-4,6-9,12,18-19H,5,10-11,13-14H2,(H2,24,27)(H,25,28)/t18-,19-/m1/s1. The fraction of sp³-hybridized carbons (Fsp3) is 0.318. The highest BCUT2D eigenvalue weighted by Crippen LogP contribution is 2.20. The molecular weight excluding hydrogens is 497 g/mol. The van der Waals surface area contributed by atoms with Gasteiger partial charge in [-0.15, -0.1) is 0 Å². The van der Waals surface area contributed by atoms with Crippen molar-refractivity contribution in [2.45, 2.75) is 38.0 Å². The van der Waals surface area contributed by atoms with E-state index < -0.39 is 30.0 Å². The van der Waals surface area contributed by atoms with E-state index in [-0.39, 0.29) is 6.61 Å². The van der Waals surface area contributed by atoms with Crippen LogP contribution in [-0.4, -0.2) is 41.4 Å². The zero-order valence-electron chi connectivity index (χ0n) is 16.4. The fourth-order valence-corrected chi connectivity index (χ4v) is 4.06. The zero-order chi connectivity index (χ0) is 21.5. The van der Waals surface area contributed by atoms with Gasteiger partial charge in [0.2, 0.25) is 11.8 Å². The first-order valence-electron chi connectivity index (χ1n) is 9.75. The summed E-state index contributed by atoms with van der Waals surface area (Å²) in [7, 11) is 0. The number of amides is 3. The van der Waals surface area contributed by atoms with Gasteiger partial charge in [-0.25, -0.2) is 4.79 Å². The highest BCUT2D eigenvalue weighted by Gasteiger charge is 2.36. The Labute approximate surface area is 189 Å². The molecule has 2 atom stereocenters. The molecule has 0 saturated carbocycles. The number of primary amides is 1. The number of benzene rings is 2. The first-order valence-corrected chi connectivity index (χ1v) is 10.8. The van der Waals surface area contributed by atoms with Crippen LogP contribution < -0.4 is 11.1 Å². The minimum absolute atomic E-state index is 0.140. The molecule has 1 heterocycles. The Kier molecular flexibility index (Phi) is 7.67. The normalized spacial score (nSPS) is 16.7. The minimum Gasteiger partial charge on any atom is -0.445 e. The van der Waals surface area contributed by atoms with Gasteiger partial charge in [-0.2, -0.15) is 0 Å². The number of likely N-dealkylation sites (tertiary alicyclic amines) is 1. The van der Waals surface area contributed by atoms with Gasteiger partial charge in [0.15, 0.2) is 0 Å². The van der Waals surface area contributed by atoms with Gasteiger partial charge in [0.05, 0.1) is 0 Å². The molecule has 1 aliphatic rings. The van der Waals surface area contributed by atoms with Gasteiger partial charge in [-0.1, -0.05) is 42.5 Å². The predicted octanol–water partition coefficient (Wildman–Crippen LogP) is 2.60. The molecule has 8 heteroatoms. The highest BCUT2D eigenvalue weighted by molar-refractivity contribution is 14.1. The van der Waals surface area contributed by atoms with E-state index in [0.717, 1.165) is 14.7 Å². The third kappa shape index (κ3) is 5.94. The highest BCUT2D eigenvalue weighted by atomic mass is 127. The zero-order valence-corrected chi connectivity index (χ0v) is 18.6. The van der Waals surface area contributed by atoms with Crippen LogP contribution in [-0.2, 0) is 27.4 Å². The first kappa shape index (κ1) is 22.1. The van der Waals surface area contributed by atoms with Crippen LogP contribution in [0.25, 0.3) is 0 Å². The maximum atomic E-state index is 12.8. The lowest BCUT2D eigenvalue weighted by molar-refractivity contribution is -0.130. The van der Waals surface area contributed by atoms with Gasteiger partial charge in [-0.05, 0) is 58.7 Å². The van der Waals surface area contributed by atoms with Crippen LogP contribution in [0.2, 0.25) is 0 Å². The fourth-order valence-electron chi connectivity index (χ4n) is 3.45. The van der Waals surface area contributed by atoms with E-state index in [1.807, 2.05) is 54.6 Å². The lowest BCUT2D eigenvalue weighted by atomic mass is 10.0. The third-order valence-electron chi connectivity index (χ3n) is 4.98. The van der Waals surface area contributed by atoms with Crippen molar-refractivity contribution in [1.82, 2.24) is 10.2 Å². The second kappa shape index (κ2) is 10.4. The number of nitrogens with two attached hydrogens (primary N) is 1. The summed E-state index contributed by atoms with van der Waals surface area (Å²) in [6, 6.07) is 15.5. The smallest absolute Gasteiger partial charge is 0.410 e. The molecule has 0 aliphatic carbocycles. The van der Waals surface area contributed by atoms with E-state index in [1.165, 1.54) is 4.90 Å². The van der Waals surface area contributed by atoms with Crippen molar-refractivity contribution in [2.75, 3.05) is 6.54 Å². The Balaban J connectivity index is 1.60. The van der Waals surface area contributed by atoms with Gasteiger partial charge < -0.3 is 15.8 Å². The van der Waals surface area contributed by atoms with Crippen LogP contribution in [0.1, 0.15) is 24.0 Å². The molecule has 0 unspecified atom stereocenters. The van der Waals surface area contributed by atoms with Crippen molar-refractivity contribution in [3.8, 4) is 0 Å². The summed E-state index contributed by atoms with van der Waals surface area (Å²) < 4.78 is 6.40. The van der Waals surface area contributed by atoms with Crippen LogP contribution in [0.3, 0.4) is 0 Å². The van der Waals surface area contributed by atoms with Crippen molar-refractivity contribution in [1.29, 1.82) is 0 Å². The molecule has 1 fully saturated rings. The molecule has 3 rings (SSSR count). The van der Waals surface area contributed by atoms with Gasteiger partial charge in [0.1, 0.15) is 18.7 Å². The number of rotatable bonds is 7. The molecule has 158 valence electrons. The quantitative estimate of drug-likeness (QED) is 0.547. The molecular formula is C22H24IN3O4. The van der Waals surface area contributed by atoms with Crippen LogP contribution >= 0.6 is 22.6 Å². The summed E-state index contributed by atoms with van der Waals surface area (Å²) in [6.07, 6.45) is 0.963. The third-order valence-corrected chi connectivity index (χ3v) is 5.65. The Morgan fingerprint density at radius 1 is 1.13 bits per heavy atom. The van der Waals surface area contributed by atoms with E-state index in [0.29, 0.717) is 25.8 Å². The van der Waals surface area contributed by atoms with E-state index in [9.17, 15) is 14.4 Å². The lowest BCUT2D eigenvalue weighted by Gasteiger charge is -2.25. The van der Waals surface area contributed by atoms with Crippen LogP contribution in [0.4, 0.5) is 4.79 Å². The Morgan fingerprint density at radius 2 is 1.87 bits per heavy atom. The van der Waals surface area contributed by atoms with E-state index >= 15 is 0 Å². The Morgan fingerprint density at radius 3 is 2.57 bits per heavy atom. The van der Waals surface area contributed by atoms with Crippen LogP contribution in [0.15, 0.2) is 54.6 Å². The number of ether oxygens (including phenoxy) is 1. The molecule has 1 saturated heterocycles. The molecule has 2 aromatic rings. The Hall–Kier alpha value is -2.62. The molecule has 3 amide bonds. The maximum absolute atomic E-state index is 12.8. The van der Waals surface area contributed by atoms with E-state index in [1.54, 1.807) is 0 Å². The minimum atomic E-state index is -0.849. The lowest BCUT2D eigenvalue weighted by Crippen LogP contribution is -2.53. The molecule has 0 spiro atoms. The number of halogens is 1. The number of carbonyl (C=O) groups is 3. The Bertz CT molecular complexity index is 906. The average molecular weight is 521 g/mol. The molecule has 2 aromatic carbocycles. The number of nitrogens with one attached hydrogen (secondary N) is 1. The molecule has 0 aromatic heterocycles. The van der Waals surface area contributed by atoms with Crippen molar-refractivity contribution in [3.63, 3.8) is 0 Å². The van der Waals surface area contributed by atoms with Gasteiger partial charge >= 0.3 is 6.09 Å². The number of carbonyl (C=O) groups excluding carboxylic acids is 3. The predicted molar refractivity (Wildman–Crippen MR) is 120 cm³/mol. The molecule has 1 aliphatic heterocycles. The summed E-state index contributed by atoms with van der Waals surface area (Å²) in [5.74, 6) is -1.00. The van der Waals surface area contributed by atoms with E-state index in [4.69, 9.17) is 10.5 Å². The molecule has 7 nitrogen and oxygen atoms in total. The van der Waals surface area contributed by atoms with Gasteiger partial charge in [0, 0.05) is 16.5 Å². The monoisotopic (exact) mass is 521 g/mol. The molecule has 3 N–H and O–H groups in total.